The lowest BCUT2D eigenvalue weighted by Gasteiger charge is -2.33. The highest BCUT2D eigenvalue weighted by Gasteiger charge is 2.33. The standard InChI is InChI=1S/C11H22F2N2/c1-3-5-11(6-4-7-14-11)9-15(2)8-10(12)13/h10,14H,3-9H2,1-2H3. The molecule has 1 unspecified atom stereocenters. The number of hydrogen-bond donors (Lipinski definition) is 1. The van der Waals surface area contributed by atoms with Crippen LogP contribution in [0.4, 0.5) is 8.78 Å². The maximum Gasteiger partial charge on any atom is 0.251 e. The largest absolute Gasteiger partial charge is 0.310 e. The predicted octanol–water partition coefficient (Wildman–Crippen LogP) is 2.11. The van der Waals surface area contributed by atoms with Gasteiger partial charge in [0.2, 0.25) is 0 Å². The van der Waals surface area contributed by atoms with Gasteiger partial charge in [-0.3, -0.25) is 4.90 Å². The Morgan fingerprint density at radius 3 is 2.67 bits per heavy atom. The van der Waals surface area contributed by atoms with Crippen molar-refractivity contribution in [3.63, 3.8) is 0 Å². The van der Waals surface area contributed by atoms with Gasteiger partial charge in [0.15, 0.2) is 0 Å². The van der Waals surface area contributed by atoms with Crippen LogP contribution in [0.15, 0.2) is 0 Å². The van der Waals surface area contributed by atoms with Crippen LogP contribution in [0, 0.1) is 0 Å². The molecule has 0 aromatic heterocycles. The molecule has 1 saturated heterocycles. The molecule has 0 bridgehead atoms. The minimum absolute atomic E-state index is 0.0956. The first-order valence-corrected chi connectivity index (χ1v) is 5.80. The van der Waals surface area contributed by atoms with Crippen LogP contribution in [0.1, 0.15) is 32.6 Å². The maximum atomic E-state index is 12.2. The van der Waals surface area contributed by atoms with Crippen LogP contribution in [-0.2, 0) is 0 Å². The van der Waals surface area contributed by atoms with Gasteiger partial charge in [0.25, 0.3) is 6.43 Å². The van der Waals surface area contributed by atoms with Gasteiger partial charge in [-0.2, -0.15) is 0 Å². The molecular weight excluding hydrogens is 198 g/mol. The van der Waals surface area contributed by atoms with Crippen molar-refractivity contribution in [2.75, 3.05) is 26.7 Å². The molecule has 0 saturated carbocycles. The van der Waals surface area contributed by atoms with E-state index >= 15 is 0 Å². The summed E-state index contributed by atoms with van der Waals surface area (Å²) >= 11 is 0. The number of hydrogen-bond acceptors (Lipinski definition) is 2. The van der Waals surface area contributed by atoms with Gasteiger partial charge in [0.1, 0.15) is 0 Å². The second-order valence-electron chi connectivity index (χ2n) is 4.65. The van der Waals surface area contributed by atoms with Crippen molar-refractivity contribution in [3.05, 3.63) is 0 Å². The third-order valence-corrected chi connectivity index (χ3v) is 3.08. The highest BCUT2D eigenvalue weighted by molar-refractivity contribution is 4.94. The van der Waals surface area contributed by atoms with E-state index in [9.17, 15) is 8.78 Å². The highest BCUT2D eigenvalue weighted by Crippen LogP contribution is 2.25. The van der Waals surface area contributed by atoms with Gasteiger partial charge in [-0.15, -0.1) is 0 Å². The summed E-state index contributed by atoms with van der Waals surface area (Å²) in [6, 6.07) is 0. The van der Waals surface area contributed by atoms with Crippen molar-refractivity contribution in [2.24, 2.45) is 0 Å². The van der Waals surface area contributed by atoms with E-state index in [4.69, 9.17) is 0 Å². The molecule has 15 heavy (non-hydrogen) atoms. The molecule has 0 radical (unpaired) electrons. The third-order valence-electron chi connectivity index (χ3n) is 3.08. The lowest BCUT2D eigenvalue weighted by atomic mass is 9.91. The average Bonchev–Trinajstić information content (AvgIpc) is 2.51. The second kappa shape index (κ2) is 5.75. The SMILES string of the molecule is CCCC1(CN(C)CC(F)F)CCCN1. The van der Waals surface area contributed by atoms with Gasteiger partial charge in [-0.1, -0.05) is 13.3 Å². The number of nitrogens with one attached hydrogen (secondary N) is 1. The Bertz CT molecular complexity index is 179. The number of nitrogens with zero attached hydrogens (tertiary/aromatic N) is 1. The smallest absolute Gasteiger partial charge is 0.251 e. The van der Waals surface area contributed by atoms with Crippen LogP contribution in [0.3, 0.4) is 0 Å². The Balaban J connectivity index is 2.43. The summed E-state index contributed by atoms with van der Waals surface area (Å²) < 4.78 is 24.4. The molecule has 0 spiro atoms. The number of likely N-dealkylation sites (N-methyl/N-ethyl adjacent to an activating group) is 1. The van der Waals surface area contributed by atoms with Crippen LogP contribution >= 0.6 is 0 Å². The van der Waals surface area contributed by atoms with E-state index in [1.165, 1.54) is 6.42 Å². The quantitative estimate of drug-likeness (QED) is 0.737. The summed E-state index contributed by atoms with van der Waals surface area (Å²) in [5, 5.41) is 3.49. The summed E-state index contributed by atoms with van der Waals surface area (Å²) in [5.74, 6) is 0. The molecule has 2 nitrogen and oxygen atoms in total. The normalized spacial score (nSPS) is 26.8. The minimum Gasteiger partial charge on any atom is -0.310 e. The fourth-order valence-electron chi connectivity index (χ4n) is 2.59. The Kier molecular flexibility index (Phi) is 4.93. The monoisotopic (exact) mass is 220 g/mol. The van der Waals surface area contributed by atoms with E-state index in [2.05, 4.69) is 12.2 Å². The Morgan fingerprint density at radius 1 is 1.47 bits per heavy atom. The molecule has 1 N–H and O–H groups in total. The van der Waals surface area contributed by atoms with Crippen LogP contribution in [-0.4, -0.2) is 43.5 Å². The van der Waals surface area contributed by atoms with Gasteiger partial charge in [0.05, 0.1) is 6.54 Å². The fraction of sp³-hybridized carbons (Fsp3) is 1.00. The van der Waals surface area contributed by atoms with Gasteiger partial charge in [-0.25, -0.2) is 8.78 Å². The molecular formula is C11H22F2N2. The number of halogens is 2. The van der Waals surface area contributed by atoms with E-state index in [1.54, 1.807) is 11.9 Å². The molecule has 90 valence electrons. The van der Waals surface area contributed by atoms with Crippen LogP contribution in [0.5, 0.6) is 0 Å². The van der Waals surface area contributed by atoms with Gasteiger partial charge < -0.3 is 5.32 Å². The lowest BCUT2D eigenvalue weighted by molar-refractivity contribution is 0.0853. The zero-order chi connectivity index (χ0) is 11.3. The molecule has 1 fully saturated rings. The summed E-state index contributed by atoms with van der Waals surface area (Å²) in [6.45, 7) is 3.80. The molecule has 1 aliphatic rings. The molecule has 4 heteroatoms. The van der Waals surface area contributed by atoms with Crippen molar-refractivity contribution in [1.82, 2.24) is 10.2 Å². The van der Waals surface area contributed by atoms with Gasteiger partial charge in [-0.05, 0) is 32.9 Å². The zero-order valence-electron chi connectivity index (χ0n) is 9.73. The summed E-state index contributed by atoms with van der Waals surface area (Å²) in [6.07, 6.45) is 2.25. The van der Waals surface area contributed by atoms with Crippen molar-refractivity contribution in [3.8, 4) is 0 Å². The maximum absolute atomic E-state index is 12.2. The van der Waals surface area contributed by atoms with Crippen LogP contribution < -0.4 is 5.32 Å². The molecule has 1 heterocycles. The van der Waals surface area contributed by atoms with E-state index in [0.29, 0.717) is 0 Å². The minimum atomic E-state index is -2.23. The molecule has 0 aromatic carbocycles. The molecule has 1 aliphatic heterocycles. The molecule has 0 aromatic rings. The topological polar surface area (TPSA) is 15.3 Å². The first kappa shape index (κ1) is 12.8. The second-order valence-corrected chi connectivity index (χ2v) is 4.65. The zero-order valence-corrected chi connectivity index (χ0v) is 9.73. The Morgan fingerprint density at radius 2 is 2.20 bits per heavy atom. The highest BCUT2D eigenvalue weighted by atomic mass is 19.3. The molecule has 0 amide bonds. The van der Waals surface area contributed by atoms with E-state index in [-0.39, 0.29) is 12.1 Å². The van der Waals surface area contributed by atoms with Gasteiger partial charge in [0, 0.05) is 12.1 Å². The summed E-state index contributed by atoms with van der Waals surface area (Å²) in [5.41, 5.74) is 0.0956. The first-order valence-electron chi connectivity index (χ1n) is 5.80. The Hall–Kier alpha value is -0.220. The molecule has 1 rings (SSSR count). The first-order chi connectivity index (χ1) is 7.08. The predicted molar refractivity (Wildman–Crippen MR) is 58.4 cm³/mol. The van der Waals surface area contributed by atoms with Crippen molar-refractivity contribution < 1.29 is 8.78 Å². The van der Waals surface area contributed by atoms with E-state index in [0.717, 1.165) is 32.4 Å². The molecule has 0 aliphatic carbocycles. The fourth-order valence-corrected chi connectivity index (χ4v) is 2.59. The summed E-state index contributed by atoms with van der Waals surface area (Å²) in [7, 11) is 1.78. The third kappa shape index (κ3) is 4.03. The number of rotatable bonds is 6. The number of alkyl halides is 2. The van der Waals surface area contributed by atoms with E-state index in [1.807, 2.05) is 0 Å². The van der Waals surface area contributed by atoms with Crippen molar-refractivity contribution in [1.29, 1.82) is 0 Å². The average molecular weight is 220 g/mol. The Labute approximate surface area is 91.0 Å². The summed E-state index contributed by atoms with van der Waals surface area (Å²) in [4.78, 5) is 1.75. The van der Waals surface area contributed by atoms with Gasteiger partial charge >= 0.3 is 0 Å². The van der Waals surface area contributed by atoms with Crippen LogP contribution in [0.25, 0.3) is 0 Å². The lowest BCUT2D eigenvalue weighted by Crippen LogP contribution is -2.49. The van der Waals surface area contributed by atoms with Crippen LogP contribution in [0.2, 0.25) is 0 Å². The van der Waals surface area contributed by atoms with E-state index < -0.39 is 6.43 Å². The van der Waals surface area contributed by atoms with Crippen molar-refractivity contribution in [2.45, 2.75) is 44.6 Å². The van der Waals surface area contributed by atoms with Crippen molar-refractivity contribution >= 4 is 0 Å². The molecule has 1 atom stereocenters.